The van der Waals surface area contributed by atoms with Crippen LogP contribution in [0, 0.1) is 17.1 Å². The lowest BCUT2D eigenvalue weighted by molar-refractivity contribution is -0.121. The van der Waals surface area contributed by atoms with E-state index >= 15 is 9.18 Å². The van der Waals surface area contributed by atoms with E-state index in [9.17, 15) is 18.5 Å². The molecule has 0 aliphatic carbocycles. The minimum absolute atomic E-state index is 0.00682. The lowest BCUT2D eigenvalue weighted by Gasteiger charge is -2.49. The zero-order chi connectivity index (χ0) is 38.2. The van der Waals surface area contributed by atoms with E-state index in [-0.39, 0.29) is 52.4 Å². The summed E-state index contributed by atoms with van der Waals surface area (Å²) in [6.45, 7) is 7.79. The Morgan fingerprint density at radius 3 is 2.39 bits per heavy atom. The summed E-state index contributed by atoms with van der Waals surface area (Å²) in [5.74, 6) is -2.71. The van der Waals surface area contributed by atoms with Crippen molar-refractivity contribution in [3.63, 3.8) is 0 Å². The molecule has 54 heavy (non-hydrogen) atoms. The fraction of sp³-hybridized carbons (Fsp3) is 0.459. The summed E-state index contributed by atoms with van der Waals surface area (Å²) in [4.78, 5) is 39.6. The number of nitrogens with zero attached hydrogens (tertiary/aromatic N) is 6. The smallest absolute Gasteiger partial charge is 0.318 e. The van der Waals surface area contributed by atoms with Gasteiger partial charge in [-0.2, -0.15) is 9.57 Å². The Morgan fingerprint density at radius 1 is 1.02 bits per heavy atom. The van der Waals surface area contributed by atoms with Gasteiger partial charge in [-0.05, 0) is 50.1 Å². The molecule has 1 atom stereocenters. The number of ether oxygens (including phenoxy) is 4. The molecular weight excluding hydrogens is 722 g/mol. The number of hydrogen-bond donors (Lipinski definition) is 1. The number of likely N-dealkylation sites (tertiary alicyclic amines) is 2. The van der Waals surface area contributed by atoms with Crippen molar-refractivity contribution in [3.8, 4) is 23.4 Å². The molecule has 286 valence electrons. The third-order valence-electron chi connectivity index (χ3n) is 10.7. The fourth-order valence-electron chi connectivity index (χ4n) is 7.86. The second-order valence-electron chi connectivity index (χ2n) is 13.5. The van der Waals surface area contributed by atoms with Crippen LogP contribution in [0.4, 0.5) is 14.9 Å². The van der Waals surface area contributed by atoms with Crippen LogP contribution in [0.15, 0.2) is 53.6 Å². The van der Waals surface area contributed by atoms with Crippen LogP contribution < -0.4 is 23.8 Å². The van der Waals surface area contributed by atoms with Gasteiger partial charge in [-0.1, -0.05) is 0 Å². The maximum atomic E-state index is 15.2. The van der Waals surface area contributed by atoms with E-state index in [1.807, 2.05) is 6.07 Å². The van der Waals surface area contributed by atoms with Gasteiger partial charge in [0.15, 0.2) is 17.1 Å². The largest absolute Gasteiger partial charge is 0.495 e. The number of carbonyl (C=O) groups excluding carboxylic acids is 2. The van der Waals surface area contributed by atoms with E-state index in [1.165, 1.54) is 50.7 Å². The second kappa shape index (κ2) is 15.0. The number of aromatic nitrogens is 1. The first-order valence-electron chi connectivity index (χ1n) is 17.8. The first-order chi connectivity index (χ1) is 26.1. The van der Waals surface area contributed by atoms with Gasteiger partial charge in [0.1, 0.15) is 10.6 Å². The molecular formula is C37H42FN7O8S. The Morgan fingerprint density at radius 2 is 1.72 bits per heavy atom. The van der Waals surface area contributed by atoms with E-state index in [2.05, 4.69) is 20.1 Å². The average Bonchev–Trinajstić information content (AvgIpc) is 3.42. The van der Waals surface area contributed by atoms with Gasteiger partial charge in [-0.3, -0.25) is 14.6 Å². The molecule has 3 saturated heterocycles. The number of piperidine rings is 1. The number of sulfonamides is 1. The van der Waals surface area contributed by atoms with Crippen LogP contribution >= 0.6 is 0 Å². The topological polar surface area (TPSA) is 167 Å². The van der Waals surface area contributed by atoms with Crippen molar-refractivity contribution in [2.75, 3.05) is 77.6 Å². The number of methoxy groups -OCH3 is 2. The zero-order valence-electron chi connectivity index (χ0n) is 30.3. The number of amides is 3. The first kappa shape index (κ1) is 37.3. The highest BCUT2D eigenvalue weighted by Crippen LogP contribution is 2.50. The third kappa shape index (κ3) is 6.36. The average molecular weight is 764 g/mol. The zero-order valence-corrected chi connectivity index (χ0v) is 31.1. The molecule has 15 nitrogen and oxygen atoms in total. The maximum Gasteiger partial charge on any atom is 0.318 e. The normalized spacial score (nSPS) is 21.3. The number of morpholine rings is 1. The number of nitrogens with one attached hydrogen (secondary N) is 1. The molecule has 0 bridgehead atoms. The van der Waals surface area contributed by atoms with Gasteiger partial charge < -0.3 is 29.2 Å². The second-order valence-corrected chi connectivity index (χ2v) is 15.3. The van der Waals surface area contributed by atoms with E-state index in [0.717, 1.165) is 58.3 Å². The van der Waals surface area contributed by atoms with Crippen molar-refractivity contribution in [1.82, 2.24) is 25.0 Å². The summed E-state index contributed by atoms with van der Waals surface area (Å²) < 4.78 is 66.6. The van der Waals surface area contributed by atoms with Crippen LogP contribution in [-0.2, 0) is 25.1 Å². The summed E-state index contributed by atoms with van der Waals surface area (Å²) >= 11 is 0. The minimum Gasteiger partial charge on any atom is -0.495 e. The summed E-state index contributed by atoms with van der Waals surface area (Å²) in [7, 11) is -2.54. The Balaban J connectivity index is 1.24. The predicted molar refractivity (Wildman–Crippen MR) is 192 cm³/mol. The molecule has 5 heterocycles. The van der Waals surface area contributed by atoms with Gasteiger partial charge in [0.25, 0.3) is 15.9 Å². The quantitative estimate of drug-likeness (QED) is 0.321. The number of hydrogen-bond acceptors (Lipinski definition) is 12. The molecule has 3 fully saturated rings. The SMILES string of the molecule is CCOc1ncccc1[C@]1(NC(=O)N2CC(N3CCC(N4CCOCC4)CC3)C2)C(=O)N(S(=O)(=O)c2cc(F)c(OC)cc2OC)c2ccc(C#N)cc21. The van der Waals surface area contributed by atoms with Gasteiger partial charge in [-0.25, -0.2) is 22.6 Å². The number of anilines is 1. The molecule has 3 amide bonds. The van der Waals surface area contributed by atoms with Gasteiger partial charge in [-0.15, -0.1) is 0 Å². The summed E-state index contributed by atoms with van der Waals surface area (Å²) in [6.07, 6.45) is 3.48. The van der Waals surface area contributed by atoms with Crippen molar-refractivity contribution in [1.29, 1.82) is 5.26 Å². The number of benzene rings is 2. The van der Waals surface area contributed by atoms with Crippen LogP contribution in [0.25, 0.3) is 0 Å². The highest BCUT2D eigenvalue weighted by atomic mass is 32.2. The molecule has 0 spiro atoms. The summed E-state index contributed by atoms with van der Waals surface area (Å²) in [6, 6.07) is 10.9. The van der Waals surface area contributed by atoms with Crippen molar-refractivity contribution in [2.24, 2.45) is 0 Å². The minimum atomic E-state index is -4.96. The summed E-state index contributed by atoms with van der Waals surface area (Å²) in [5, 5.41) is 12.8. The van der Waals surface area contributed by atoms with Crippen LogP contribution in [0.2, 0.25) is 0 Å². The predicted octanol–water partition coefficient (Wildman–Crippen LogP) is 2.68. The lowest BCUT2D eigenvalue weighted by Crippen LogP contribution is -2.67. The van der Waals surface area contributed by atoms with Crippen LogP contribution in [0.3, 0.4) is 0 Å². The molecule has 2 aromatic carbocycles. The first-order valence-corrected chi connectivity index (χ1v) is 19.3. The van der Waals surface area contributed by atoms with Crippen LogP contribution in [0.1, 0.15) is 36.5 Å². The number of halogens is 1. The molecule has 0 saturated carbocycles. The Kier molecular flexibility index (Phi) is 10.4. The molecule has 0 unspecified atom stereocenters. The number of urea groups is 1. The van der Waals surface area contributed by atoms with Crippen molar-refractivity contribution in [2.45, 2.75) is 42.3 Å². The van der Waals surface area contributed by atoms with Crippen LogP contribution in [-0.4, -0.2) is 125 Å². The maximum absolute atomic E-state index is 15.2. The number of fused-ring (bicyclic) bond motifs is 1. The van der Waals surface area contributed by atoms with Crippen molar-refractivity contribution in [3.05, 3.63) is 71.2 Å². The Hall–Kier alpha value is -5.02. The molecule has 17 heteroatoms. The number of carbonyl (C=O) groups is 2. The number of nitriles is 1. The third-order valence-corrected chi connectivity index (χ3v) is 12.4. The molecule has 3 aromatic rings. The molecule has 0 radical (unpaired) electrons. The standard InChI is InChI=1S/C37H42FN7O8S/c1-4-53-34-27(6-5-11-40-34)37(41-36(47)44-22-26(23-44)42-12-9-25(10-13-42)43-14-16-52-17-15-43)28-18-24(21-39)7-8-30(28)45(35(37)46)54(48,49)33-19-29(38)31(50-2)20-32(33)51-3/h5-8,11,18-20,25-26H,4,9-10,12-17,22-23H2,1-3H3,(H,41,47)/t37-/m1/s1. The highest BCUT2D eigenvalue weighted by Gasteiger charge is 2.60. The van der Waals surface area contributed by atoms with E-state index in [4.69, 9.17) is 18.9 Å². The van der Waals surface area contributed by atoms with E-state index in [1.54, 1.807) is 11.8 Å². The van der Waals surface area contributed by atoms with E-state index < -0.39 is 38.2 Å². The molecule has 4 aliphatic rings. The summed E-state index contributed by atoms with van der Waals surface area (Å²) in [5.41, 5.74) is -2.26. The van der Waals surface area contributed by atoms with Crippen molar-refractivity contribution >= 4 is 27.6 Å². The Bertz CT molecular complexity index is 2080. The van der Waals surface area contributed by atoms with E-state index in [0.29, 0.717) is 29.5 Å². The van der Waals surface area contributed by atoms with Gasteiger partial charge in [0.05, 0.1) is 56.9 Å². The van der Waals surface area contributed by atoms with Crippen molar-refractivity contribution < 1.29 is 41.3 Å². The fourth-order valence-corrected chi connectivity index (χ4v) is 9.48. The molecule has 4 aliphatic heterocycles. The monoisotopic (exact) mass is 763 g/mol. The molecule has 1 aromatic heterocycles. The molecule has 1 N–H and O–H groups in total. The van der Waals surface area contributed by atoms with Gasteiger partial charge in [0.2, 0.25) is 5.88 Å². The van der Waals surface area contributed by atoms with Crippen LogP contribution in [0.5, 0.6) is 17.4 Å². The highest BCUT2D eigenvalue weighted by molar-refractivity contribution is 7.93. The van der Waals surface area contributed by atoms with Gasteiger partial charge in [0, 0.05) is 75.2 Å². The number of pyridine rings is 1. The van der Waals surface area contributed by atoms with Gasteiger partial charge >= 0.3 is 6.03 Å². The molecule has 7 rings (SSSR count). The lowest BCUT2D eigenvalue weighted by atomic mass is 9.83. The number of rotatable bonds is 10. The Labute approximate surface area is 313 Å².